The smallest absolute Gasteiger partial charge is 0.319 e. The molecule has 0 spiro atoms. The zero-order valence-corrected chi connectivity index (χ0v) is 12.6. The maximum absolute atomic E-state index is 13.7. The van der Waals surface area contributed by atoms with Gasteiger partial charge in [-0.25, -0.2) is 13.8 Å². The average Bonchev–Trinajstić information content (AvgIpc) is 3.16. The Bertz CT molecular complexity index is 747. The fourth-order valence-electron chi connectivity index (χ4n) is 2.77. The molecule has 1 saturated carbocycles. The van der Waals surface area contributed by atoms with Crippen LogP contribution in [0.5, 0.6) is 0 Å². The largest absolute Gasteiger partial charge is 0.355 e. The Kier molecular flexibility index (Phi) is 4.55. The molecule has 0 unspecified atom stereocenters. The number of nitrogens with zero attached hydrogens (tertiary/aromatic N) is 2. The molecule has 0 saturated heterocycles. The predicted octanol–water partition coefficient (Wildman–Crippen LogP) is 3.02. The van der Waals surface area contributed by atoms with Gasteiger partial charge in [0.15, 0.2) is 0 Å². The van der Waals surface area contributed by atoms with Crippen molar-refractivity contribution in [1.82, 2.24) is 14.9 Å². The quantitative estimate of drug-likeness (QED) is 0.821. The second-order valence-electron chi connectivity index (χ2n) is 5.68. The normalized spacial score (nSPS) is 19.5. The summed E-state index contributed by atoms with van der Waals surface area (Å²) >= 11 is 0. The lowest BCUT2D eigenvalue weighted by Gasteiger charge is -2.08. The molecule has 3 rings (SSSR count). The number of benzene rings is 1. The summed E-state index contributed by atoms with van der Waals surface area (Å²) in [5.74, 6) is -2.05. The molecule has 1 heterocycles. The summed E-state index contributed by atoms with van der Waals surface area (Å²) in [5, 5.41) is 2.65. The highest BCUT2D eigenvalue weighted by molar-refractivity contribution is 5.82. The maximum Gasteiger partial charge on any atom is 0.319 e. The van der Waals surface area contributed by atoms with E-state index < -0.39 is 18.2 Å². The molecule has 8 heteroatoms. The molecule has 24 heavy (non-hydrogen) atoms. The molecule has 1 aromatic heterocycles. The van der Waals surface area contributed by atoms with Gasteiger partial charge in [-0.15, -0.1) is 0 Å². The average molecular weight is 341 g/mol. The van der Waals surface area contributed by atoms with Crippen LogP contribution in [-0.4, -0.2) is 22.0 Å². The Morgan fingerprint density at radius 1 is 1.38 bits per heavy atom. The molecular formula is C16H15F4N3O. The van der Waals surface area contributed by atoms with E-state index in [1.165, 1.54) is 18.5 Å². The number of rotatable bonds is 6. The van der Waals surface area contributed by atoms with Crippen LogP contribution < -0.4 is 5.32 Å². The summed E-state index contributed by atoms with van der Waals surface area (Å²) in [6.07, 6.45) is 3.11. The van der Waals surface area contributed by atoms with Crippen LogP contribution >= 0.6 is 0 Å². The van der Waals surface area contributed by atoms with Crippen LogP contribution in [0.25, 0.3) is 0 Å². The van der Waals surface area contributed by atoms with E-state index >= 15 is 0 Å². The number of nitrogens with one attached hydrogen (secondary N) is 1. The molecule has 1 amide bonds. The van der Waals surface area contributed by atoms with Crippen LogP contribution in [0, 0.1) is 17.6 Å². The highest BCUT2D eigenvalue weighted by Gasteiger charge is 2.45. The van der Waals surface area contributed by atoms with Gasteiger partial charge in [0.2, 0.25) is 5.91 Å². The number of imidazole rings is 1. The Labute approximate surface area is 135 Å². The third kappa shape index (κ3) is 3.42. The number of alkyl halides is 2. The Morgan fingerprint density at radius 3 is 2.88 bits per heavy atom. The lowest BCUT2D eigenvalue weighted by Crippen LogP contribution is -2.28. The van der Waals surface area contributed by atoms with Gasteiger partial charge in [0.1, 0.15) is 17.5 Å². The lowest BCUT2D eigenvalue weighted by atomic mass is 10.1. The highest BCUT2D eigenvalue weighted by atomic mass is 19.3. The number of carbonyl (C=O) groups is 1. The topological polar surface area (TPSA) is 46.9 Å². The molecule has 1 aromatic carbocycles. The van der Waals surface area contributed by atoms with Crippen LogP contribution in [0.3, 0.4) is 0 Å². The van der Waals surface area contributed by atoms with Gasteiger partial charge in [-0.1, -0.05) is 6.07 Å². The van der Waals surface area contributed by atoms with E-state index in [9.17, 15) is 22.4 Å². The minimum Gasteiger partial charge on any atom is -0.355 e. The molecule has 2 aromatic rings. The SMILES string of the molecule is O=C(NCCc1nccn1C(F)F)[C@H]1C[C@@H]1c1ccc(F)cc1F. The Balaban J connectivity index is 1.51. The van der Waals surface area contributed by atoms with Crippen molar-refractivity contribution in [3.05, 3.63) is 53.6 Å². The molecule has 0 aliphatic heterocycles. The van der Waals surface area contributed by atoms with E-state index in [1.807, 2.05) is 0 Å². The van der Waals surface area contributed by atoms with Gasteiger partial charge in [0.25, 0.3) is 0 Å². The summed E-state index contributed by atoms with van der Waals surface area (Å²) in [4.78, 5) is 15.9. The lowest BCUT2D eigenvalue weighted by molar-refractivity contribution is -0.122. The Hall–Kier alpha value is -2.38. The van der Waals surface area contributed by atoms with Gasteiger partial charge >= 0.3 is 6.55 Å². The van der Waals surface area contributed by atoms with Gasteiger partial charge in [-0.2, -0.15) is 8.78 Å². The third-order valence-electron chi connectivity index (χ3n) is 4.10. The zero-order valence-electron chi connectivity index (χ0n) is 12.6. The predicted molar refractivity (Wildman–Crippen MR) is 77.4 cm³/mol. The number of aromatic nitrogens is 2. The number of hydrogen-bond donors (Lipinski definition) is 1. The van der Waals surface area contributed by atoms with Crippen LogP contribution in [-0.2, 0) is 11.2 Å². The molecule has 1 aliphatic carbocycles. The minimum atomic E-state index is -2.67. The molecule has 0 bridgehead atoms. The first-order valence-corrected chi connectivity index (χ1v) is 7.50. The minimum absolute atomic E-state index is 0.164. The van der Waals surface area contributed by atoms with Crippen LogP contribution in [0.4, 0.5) is 17.6 Å². The van der Waals surface area contributed by atoms with Gasteiger partial charge in [-0.3, -0.25) is 9.36 Å². The number of halogens is 4. The van der Waals surface area contributed by atoms with Crippen molar-refractivity contribution in [1.29, 1.82) is 0 Å². The molecule has 1 aliphatic rings. The van der Waals surface area contributed by atoms with Crippen LogP contribution in [0.1, 0.15) is 30.3 Å². The molecule has 4 nitrogen and oxygen atoms in total. The van der Waals surface area contributed by atoms with E-state index in [0.29, 0.717) is 12.0 Å². The second kappa shape index (κ2) is 6.62. The first-order chi connectivity index (χ1) is 11.5. The van der Waals surface area contributed by atoms with Crippen molar-refractivity contribution in [2.24, 2.45) is 5.92 Å². The van der Waals surface area contributed by atoms with Crippen molar-refractivity contribution >= 4 is 5.91 Å². The number of amides is 1. The summed E-state index contributed by atoms with van der Waals surface area (Å²) < 4.78 is 52.6. The van der Waals surface area contributed by atoms with E-state index in [1.54, 1.807) is 0 Å². The van der Waals surface area contributed by atoms with Crippen LogP contribution in [0.15, 0.2) is 30.6 Å². The van der Waals surface area contributed by atoms with E-state index in [4.69, 9.17) is 0 Å². The highest BCUT2D eigenvalue weighted by Crippen LogP contribution is 2.48. The summed E-state index contributed by atoms with van der Waals surface area (Å²) in [7, 11) is 0. The first kappa shape index (κ1) is 16.5. The van der Waals surface area contributed by atoms with Crippen molar-refractivity contribution in [3.8, 4) is 0 Å². The van der Waals surface area contributed by atoms with Gasteiger partial charge in [-0.05, 0) is 24.0 Å². The second-order valence-corrected chi connectivity index (χ2v) is 5.68. The van der Waals surface area contributed by atoms with Crippen LogP contribution in [0.2, 0.25) is 0 Å². The summed E-state index contributed by atoms with van der Waals surface area (Å²) in [6, 6.07) is 3.31. The molecule has 0 radical (unpaired) electrons. The van der Waals surface area contributed by atoms with E-state index in [-0.39, 0.29) is 36.5 Å². The molecule has 2 atom stereocenters. The third-order valence-corrected chi connectivity index (χ3v) is 4.10. The van der Waals surface area contributed by atoms with E-state index in [0.717, 1.165) is 16.7 Å². The molecule has 1 fully saturated rings. The zero-order chi connectivity index (χ0) is 17.3. The summed E-state index contributed by atoms with van der Waals surface area (Å²) in [5.41, 5.74) is 0.324. The number of hydrogen-bond acceptors (Lipinski definition) is 2. The van der Waals surface area contributed by atoms with Crippen molar-refractivity contribution in [2.45, 2.75) is 25.3 Å². The standard InChI is InChI=1S/C16H15F4N3O/c17-9-1-2-10(13(18)7-9)11-8-12(11)15(24)22-4-3-14-21-5-6-23(14)16(19)20/h1-2,5-7,11-12,16H,3-4,8H2,(H,22,24)/t11-,12+/m1/s1. The summed E-state index contributed by atoms with van der Waals surface area (Å²) in [6.45, 7) is -2.51. The van der Waals surface area contributed by atoms with Gasteiger partial charge in [0, 0.05) is 37.3 Å². The van der Waals surface area contributed by atoms with Gasteiger partial charge < -0.3 is 5.32 Å². The van der Waals surface area contributed by atoms with Crippen molar-refractivity contribution < 1.29 is 22.4 Å². The molecule has 1 N–H and O–H groups in total. The number of carbonyl (C=O) groups excluding carboxylic acids is 1. The first-order valence-electron chi connectivity index (χ1n) is 7.50. The monoisotopic (exact) mass is 341 g/mol. The fraction of sp³-hybridized carbons (Fsp3) is 0.375. The fourth-order valence-corrected chi connectivity index (χ4v) is 2.77. The van der Waals surface area contributed by atoms with Crippen molar-refractivity contribution in [2.75, 3.05) is 6.54 Å². The molecule has 128 valence electrons. The Morgan fingerprint density at radius 2 is 2.17 bits per heavy atom. The van der Waals surface area contributed by atoms with Crippen molar-refractivity contribution in [3.63, 3.8) is 0 Å². The molecular weight excluding hydrogens is 326 g/mol. The van der Waals surface area contributed by atoms with Gasteiger partial charge in [0.05, 0.1) is 0 Å². The maximum atomic E-state index is 13.7. The van der Waals surface area contributed by atoms with E-state index in [2.05, 4.69) is 10.3 Å².